The van der Waals surface area contributed by atoms with Crippen molar-refractivity contribution in [2.24, 2.45) is 0 Å². The van der Waals surface area contributed by atoms with Crippen LogP contribution in [0.2, 0.25) is 10.0 Å². The molecule has 0 atom stereocenters. The van der Waals surface area contributed by atoms with Gasteiger partial charge in [-0.1, -0.05) is 42.3 Å². The van der Waals surface area contributed by atoms with Gasteiger partial charge < -0.3 is 15.2 Å². The molecule has 0 saturated carbocycles. The largest absolute Gasteiger partial charge is 0.508 e. The third-order valence-corrected chi connectivity index (χ3v) is 4.95. The molecule has 0 heterocycles. The van der Waals surface area contributed by atoms with E-state index in [2.05, 4.69) is 5.32 Å². The van der Waals surface area contributed by atoms with Crippen LogP contribution in [0, 0.1) is 5.82 Å². The van der Waals surface area contributed by atoms with Gasteiger partial charge >= 0.3 is 0 Å². The minimum Gasteiger partial charge on any atom is -0.508 e. The Morgan fingerprint density at radius 2 is 1.77 bits per heavy atom. The predicted molar refractivity (Wildman–Crippen MR) is 118 cm³/mol. The molecule has 1 amide bonds. The van der Waals surface area contributed by atoms with Crippen LogP contribution in [-0.2, 0) is 16.0 Å². The molecule has 0 saturated heterocycles. The molecule has 0 aliphatic heterocycles. The Morgan fingerprint density at radius 1 is 1.06 bits per heavy atom. The Hall–Kier alpha value is -3.09. The number of carbonyl (C=O) groups is 2. The summed E-state index contributed by atoms with van der Waals surface area (Å²) in [6.45, 7) is 1.58. The standard InChI is InChI=1S/C23H18Cl2FNO4/c1-2-20(28)23(30)27-16-11-18(24)22(19(25)12-16)31-17-6-7-21(29)14(10-17)8-13-4-3-5-15(26)9-13/h3-7,9-12,29H,2,8H2,1H3,(H,27,30). The summed E-state index contributed by atoms with van der Waals surface area (Å²) in [5, 5.41) is 12.8. The maximum atomic E-state index is 13.4. The van der Waals surface area contributed by atoms with Gasteiger partial charge in [-0.2, -0.15) is 0 Å². The van der Waals surface area contributed by atoms with Gasteiger partial charge in [-0.25, -0.2) is 4.39 Å². The van der Waals surface area contributed by atoms with Crippen molar-refractivity contribution >= 4 is 40.6 Å². The summed E-state index contributed by atoms with van der Waals surface area (Å²) in [5.41, 5.74) is 1.47. The number of carbonyl (C=O) groups excluding carboxylic acids is 2. The van der Waals surface area contributed by atoms with Gasteiger partial charge in [-0.05, 0) is 48.0 Å². The van der Waals surface area contributed by atoms with E-state index in [-0.39, 0.29) is 39.5 Å². The average molecular weight is 462 g/mol. The van der Waals surface area contributed by atoms with Gasteiger partial charge in [0.25, 0.3) is 5.91 Å². The molecule has 0 radical (unpaired) electrons. The van der Waals surface area contributed by atoms with Gasteiger partial charge in [0.1, 0.15) is 17.3 Å². The molecule has 160 valence electrons. The zero-order valence-electron chi connectivity index (χ0n) is 16.4. The number of halogens is 3. The second kappa shape index (κ2) is 9.81. The zero-order valence-corrected chi connectivity index (χ0v) is 17.9. The van der Waals surface area contributed by atoms with Crippen molar-refractivity contribution in [2.75, 3.05) is 5.32 Å². The van der Waals surface area contributed by atoms with E-state index in [9.17, 15) is 19.1 Å². The quantitative estimate of drug-likeness (QED) is 0.414. The van der Waals surface area contributed by atoms with Crippen LogP contribution in [-0.4, -0.2) is 16.8 Å². The van der Waals surface area contributed by atoms with Crippen LogP contribution in [0.3, 0.4) is 0 Å². The van der Waals surface area contributed by atoms with E-state index in [0.717, 1.165) is 0 Å². The summed E-state index contributed by atoms with van der Waals surface area (Å²) in [6.07, 6.45) is 0.367. The number of phenolic OH excluding ortho intramolecular Hbond substituents is 1. The second-order valence-electron chi connectivity index (χ2n) is 6.70. The van der Waals surface area contributed by atoms with Gasteiger partial charge in [0.05, 0.1) is 10.0 Å². The first-order valence-electron chi connectivity index (χ1n) is 9.34. The van der Waals surface area contributed by atoms with Crippen LogP contribution >= 0.6 is 23.2 Å². The fourth-order valence-corrected chi connectivity index (χ4v) is 3.41. The van der Waals surface area contributed by atoms with Crippen molar-refractivity contribution in [1.29, 1.82) is 0 Å². The predicted octanol–water partition coefficient (Wildman–Crippen LogP) is 6.14. The number of phenols is 1. The number of aromatic hydroxyl groups is 1. The van der Waals surface area contributed by atoms with Crippen molar-refractivity contribution < 1.29 is 23.8 Å². The van der Waals surface area contributed by atoms with Crippen LogP contribution in [0.15, 0.2) is 54.6 Å². The Labute approximate surface area is 188 Å². The number of hydrogen-bond donors (Lipinski definition) is 2. The van der Waals surface area contributed by atoms with Crippen LogP contribution in [0.5, 0.6) is 17.2 Å². The molecule has 2 N–H and O–H groups in total. The number of amides is 1. The lowest BCUT2D eigenvalue weighted by molar-refractivity contribution is -0.134. The molecule has 3 aromatic rings. The number of benzene rings is 3. The average Bonchev–Trinajstić information content (AvgIpc) is 2.72. The van der Waals surface area contributed by atoms with Crippen LogP contribution < -0.4 is 10.1 Å². The van der Waals surface area contributed by atoms with E-state index in [0.29, 0.717) is 23.3 Å². The van der Waals surface area contributed by atoms with Gasteiger partial charge in [0.2, 0.25) is 5.78 Å². The lowest BCUT2D eigenvalue weighted by atomic mass is 10.0. The van der Waals surface area contributed by atoms with Crippen LogP contribution in [0.25, 0.3) is 0 Å². The number of ketones is 1. The second-order valence-corrected chi connectivity index (χ2v) is 7.51. The molecule has 0 unspecified atom stereocenters. The molecule has 0 fully saturated rings. The highest BCUT2D eigenvalue weighted by Crippen LogP contribution is 2.39. The van der Waals surface area contributed by atoms with Crippen molar-refractivity contribution in [3.63, 3.8) is 0 Å². The molecule has 0 spiro atoms. The molecule has 3 rings (SSSR count). The number of Topliss-reactive ketones (excluding diaryl/α,β-unsaturated/α-hetero) is 1. The minimum absolute atomic E-state index is 0.0347. The maximum absolute atomic E-state index is 13.4. The molecule has 8 heteroatoms. The molecule has 3 aromatic carbocycles. The Balaban J connectivity index is 1.82. The first-order chi connectivity index (χ1) is 14.8. The third-order valence-electron chi connectivity index (χ3n) is 4.38. The smallest absolute Gasteiger partial charge is 0.291 e. The Bertz CT molecular complexity index is 1130. The molecule has 5 nitrogen and oxygen atoms in total. The summed E-state index contributed by atoms with van der Waals surface area (Å²) in [7, 11) is 0. The van der Waals surface area contributed by atoms with Crippen molar-refractivity contribution in [1.82, 2.24) is 0 Å². The highest BCUT2D eigenvalue weighted by atomic mass is 35.5. The first kappa shape index (κ1) is 22.6. The van der Waals surface area contributed by atoms with E-state index >= 15 is 0 Å². The summed E-state index contributed by atoms with van der Waals surface area (Å²) >= 11 is 12.5. The summed E-state index contributed by atoms with van der Waals surface area (Å²) < 4.78 is 19.2. The normalized spacial score (nSPS) is 10.6. The van der Waals surface area contributed by atoms with E-state index in [1.54, 1.807) is 25.1 Å². The molecule has 0 aliphatic carbocycles. The number of ether oxygens (including phenoxy) is 1. The third kappa shape index (κ3) is 5.75. The number of anilines is 1. The zero-order chi connectivity index (χ0) is 22.5. The highest BCUT2D eigenvalue weighted by molar-refractivity contribution is 6.41. The fourth-order valence-electron chi connectivity index (χ4n) is 2.84. The van der Waals surface area contributed by atoms with E-state index in [1.807, 2.05) is 0 Å². The van der Waals surface area contributed by atoms with Crippen LogP contribution in [0.1, 0.15) is 24.5 Å². The van der Waals surface area contributed by atoms with E-state index in [1.165, 1.54) is 36.4 Å². The van der Waals surface area contributed by atoms with Gasteiger partial charge in [-0.15, -0.1) is 0 Å². The molecular weight excluding hydrogens is 444 g/mol. The number of rotatable bonds is 7. The Kier molecular flexibility index (Phi) is 7.15. The number of hydrogen-bond acceptors (Lipinski definition) is 4. The van der Waals surface area contributed by atoms with Gasteiger partial charge in [-0.3, -0.25) is 9.59 Å². The van der Waals surface area contributed by atoms with E-state index in [4.69, 9.17) is 27.9 Å². The summed E-state index contributed by atoms with van der Waals surface area (Å²) in [4.78, 5) is 23.2. The molecule has 0 bridgehead atoms. The van der Waals surface area contributed by atoms with Crippen molar-refractivity contribution in [3.05, 3.63) is 81.6 Å². The molecule has 0 aromatic heterocycles. The lowest BCUT2D eigenvalue weighted by Gasteiger charge is -2.13. The van der Waals surface area contributed by atoms with Crippen LogP contribution in [0.4, 0.5) is 10.1 Å². The highest BCUT2D eigenvalue weighted by Gasteiger charge is 2.16. The maximum Gasteiger partial charge on any atom is 0.291 e. The molecular formula is C23H18Cl2FNO4. The molecule has 0 aliphatic rings. The monoisotopic (exact) mass is 461 g/mol. The molecule has 31 heavy (non-hydrogen) atoms. The van der Waals surface area contributed by atoms with E-state index < -0.39 is 11.7 Å². The van der Waals surface area contributed by atoms with Gasteiger partial charge in [0, 0.05) is 24.1 Å². The summed E-state index contributed by atoms with van der Waals surface area (Å²) in [5.74, 6) is -1.16. The number of nitrogens with one attached hydrogen (secondary N) is 1. The Morgan fingerprint density at radius 3 is 2.42 bits per heavy atom. The lowest BCUT2D eigenvalue weighted by Crippen LogP contribution is -2.21. The van der Waals surface area contributed by atoms with Gasteiger partial charge in [0.15, 0.2) is 5.75 Å². The SMILES string of the molecule is CCC(=O)C(=O)Nc1cc(Cl)c(Oc2ccc(O)c(Cc3cccc(F)c3)c2)c(Cl)c1. The van der Waals surface area contributed by atoms with Crippen molar-refractivity contribution in [2.45, 2.75) is 19.8 Å². The van der Waals surface area contributed by atoms with Crippen molar-refractivity contribution in [3.8, 4) is 17.2 Å². The fraction of sp³-hybridized carbons (Fsp3) is 0.130. The topological polar surface area (TPSA) is 75.6 Å². The first-order valence-corrected chi connectivity index (χ1v) is 10.1. The summed E-state index contributed by atoms with van der Waals surface area (Å²) in [6, 6.07) is 13.5. The minimum atomic E-state index is -0.760.